The molecule has 6 saturated carbocycles. The summed E-state index contributed by atoms with van der Waals surface area (Å²) in [7, 11) is 2.33. The van der Waals surface area contributed by atoms with Crippen LogP contribution in [0.1, 0.15) is 191 Å². The van der Waals surface area contributed by atoms with E-state index in [0.717, 1.165) is 99.3 Å². The molecular weight excluding hydrogens is 813 g/mol. The molecule has 4 aliphatic heterocycles. The fourth-order valence-corrected chi connectivity index (χ4v) is 20.5. The molecule has 10 fully saturated rings. The first kappa shape index (κ1) is 46.6. The van der Waals surface area contributed by atoms with Crippen molar-refractivity contribution in [2.24, 2.45) is 81.8 Å². The Balaban J connectivity index is 0.000000146. The van der Waals surface area contributed by atoms with Gasteiger partial charge in [0.1, 0.15) is 11.6 Å². The maximum Gasteiger partial charge on any atom is 0.133 e. The second-order valence-electron chi connectivity index (χ2n) is 27.3. The lowest BCUT2D eigenvalue weighted by Crippen LogP contribution is -2.50. The molecule has 4 heterocycles. The Labute approximate surface area is 401 Å². The van der Waals surface area contributed by atoms with Crippen molar-refractivity contribution in [2.45, 2.75) is 226 Å². The molecule has 66 heavy (non-hydrogen) atoms. The third-order valence-corrected chi connectivity index (χ3v) is 23.9. The number of nitrogens with zero attached hydrogens (tertiary/aromatic N) is 2. The monoisotopic (exact) mass is 905 g/mol. The van der Waals surface area contributed by atoms with Crippen molar-refractivity contribution in [3.05, 3.63) is 34.6 Å². The summed E-state index contributed by atoms with van der Waals surface area (Å²) in [5.41, 5.74) is 9.03. The van der Waals surface area contributed by atoms with Gasteiger partial charge in [-0.2, -0.15) is 0 Å². The minimum atomic E-state index is 0.00236. The fourth-order valence-electron chi connectivity index (χ4n) is 20.5. The zero-order valence-corrected chi connectivity index (χ0v) is 43.5. The van der Waals surface area contributed by atoms with E-state index in [2.05, 4.69) is 85.7 Å². The van der Waals surface area contributed by atoms with E-state index in [1.807, 2.05) is 5.57 Å². The summed E-state index contributed by atoms with van der Waals surface area (Å²) < 4.78 is 14.3. The Morgan fingerprint density at radius 2 is 1.08 bits per heavy atom. The van der Waals surface area contributed by atoms with Crippen LogP contribution in [0, 0.1) is 81.8 Å². The SMILES string of the molecule is C=C(C)N1C[C@@H](C)C[C@H]2O[C@]3(CC[C@@H]4C(=C(C)C3)C[C@H]3[C@H]4CC[C@@H]4CC(=O)CC[C@@]43C)[C@H](C)[C@@H]21.CC1=C2C[C@H]3[C@@H](CC[C@@H]4CC(=O)CC[C@@]43C)[C@@H]2CC[C@@]2(C1)O[C@@H]1C[C@H](C)CN(C)[C@H]1[C@H]2C. The molecule has 0 aromatic rings. The molecule has 8 aliphatic carbocycles. The van der Waals surface area contributed by atoms with E-state index in [-0.39, 0.29) is 11.2 Å². The number of likely N-dealkylation sites (tertiary alicyclic amines) is 2. The number of likely N-dealkylation sites (N-methyl/N-ethyl adjacent to an activating group) is 1. The highest BCUT2D eigenvalue weighted by atomic mass is 16.5. The molecule has 0 aromatic carbocycles. The average molecular weight is 905 g/mol. The lowest BCUT2D eigenvalue weighted by atomic mass is 9.52. The number of allylic oxidation sites excluding steroid dienone is 3. The third-order valence-electron chi connectivity index (χ3n) is 23.9. The minimum absolute atomic E-state index is 0.00236. The minimum Gasteiger partial charge on any atom is -0.369 e. The van der Waals surface area contributed by atoms with Gasteiger partial charge < -0.3 is 19.3 Å². The van der Waals surface area contributed by atoms with Crippen LogP contribution in [-0.2, 0) is 19.1 Å². The zero-order chi connectivity index (χ0) is 46.4. The number of ketones is 2. The number of carbonyl (C=O) groups is 2. The van der Waals surface area contributed by atoms with Crippen LogP contribution in [0.2, 0.25) is 0 Å². The summed E-state index contributed by atoms with van der Waals surface area (Å²) >= 11 is 0. The predicted molar refractivity (Wildman–Crippen MR) is 265 cm³/mol. The normalized spacial score (nSPS) is 52.0. The summed E-state index contributed by atoms with van der Waals surface area (Å²) in [5.74, 6) is 9.77. The van der Waals surface area contributed by atoms with Gasteiger partial charge in [0.05, 0.1) is 29.5 Å². The number of ether oxygens (including phenoxy) is 2. The molecule has 0 N–H and O–H groups in total. The van der Waals surface area contributed by atoms with Crippen molar-refractivity contribution in [1.29, 1.82) is 0 Å². The predicted octanol–water partition coefficient (Wildman–Crippen LogP) is 12.9. The lowest BCUT2D eigenvalue weighted by molar-refractivity contribution is -0.130. The second kappa shape index (κ2) is 16.7. The number of hydrogen-bond acceptors (Lipinski definition) is 6. The Kier molecular flexibility index (Phi) is 11.8. The molecule has 366 valence electrons. The van der Waals surface area contributed by atoms with E-state index >= 15 is 0 Å². The first-order chi connectivity index (χ1) is 31.3. The van der Waals surface area contributed by atoms with Crippen LogP contribution in [0.25, 0.3) is 0 Å². The van der Waals surface area contributed by atoms with E-state index in [4.69, 9.17) is 9.47 Å². The van der Waals surface area contributed by atoms with Gasteiger partial charge in [-0.3, -0.25) is 9.59 Å². The summed E-state index contributed by atoms with van der Waals surface area (Å²) in [6.45, 7) is 28.7. The van der Waals surface area contributed by atoms with Gasteiger partial charge in [-0.05, 0) is 201 Å². The van der Waals surface area contributed by atoms with E-state index in [0.29, 0.717) is 76.3 Å². The molecule has 12 rings (SSSR count). The van der Waals surface area contributed by atoms with E-state index in [1.165, 1.54) is 89.3 Å². The van der Waals surface area contributed by atoms with Crippen LogP contribution in [0.5, 0.6) is 0 Å². The molecule has 0 aromatic heterocycles. The molecule has 20 atom stereocenters. The van der Waals surface area contributed by atoms with E-state index < -0.39 is 0 Å². The quantitative estimate of drug-likeness (QED) is 0.244. The largest absolute Gasteiger partial charge is 0.369 e. The zero-order valence-electron chi connectivity index (χ0n) is 43.5. The molecule has 0 bridgehead atoms. The molecule has 12 aliphatic rings. The summed E-state index contributed by atoms with van der Waals surface area (Å²) in [4.78, 5) is 29.6. The highest BCUT2D eigenvalue weighted by molar-refractivity contribution is 5.80. The maximum absolute atomic E-state index is 12.2. The average Bonchev–Trinajstić information content (AvgIpc) is 3.93. The van der Waals surface area contributed by atoms with Crippen LogP contribution in [0.15, 0.2) is 34.6 Å². The number of piperidine rings is 2. The molecule has 4 saturated heterocycles. The maximum atomic E-state index is 12.2. The van der Waals surface area contributed by atoms with Gasteiger partial charge in [-0.15, -0.1) is 0 Å². The van der Waals surface area contributed by atoms with Gasteiger partial charge in [0.25, 0.3) is 0 Å². The molecule has 6 heteroatoms. The van der Waals surface area contributed by atoms with Gasteiger partial charge >= 0.3 is 0 Å². The van der Waals surface area contributed by atoms with Gasteiger partial charge in [-0.25, -0.2) is 0 Å². The molecule has 2 spiro atoms. The molecule has 0 unspecified atom stereocenters. The van der Waals surface area contributed by atoms with Crippen LogP contribution < -0.4 is 0 Å². The van der Waals surface area contributed by atoms with Crippen molar-refractivity contribution in [3.63, 3.8) is 0 Å². The van der Waals surface area contributed by atoms with Gasteiger partial charge in [0, 0.05) is 62.3 Å². The van der Waals surface area contributed by atoms with E-state index in [9.17, 15) is 9.59 Å². The molecule has 6 nitrogen and oxygen atoms in total. The standard InChI is InChI=1S/C31H47NO2.C29H45NO2/c1-18(2)32-17-19(3)13-28-29(32)21(5)31(34-28)12-10-24-25-8-7-22-14-23(33)9-11-30(22,6)27(25)15-26(24)20(4)16-31;1-17-12-26-27(30(5)16-17)19(3)29(32-26)11-9-22-23-7-6-20-13-21(31)8-10-28(20,4)25(23)14-24(22)18(2)15-29/h19,21-22,24-25,27-29H,1,7-17H2,2-6H3;17,19-20,22-23,25-27H,6-16H2,1-5H3/t19-,21+,22+,24-,25-,27-,28+,29-,30-,31-;17-,19+,20+,22-,23-,25-,26+,27-,28-,29-/m00/s1. The number of carbonyl (C=O) groups excluding carboxylic acids is 2. The molecule has 0 amide bonds. The fraction of sp³-hybridized carbons (Fsp3) is 0.867. The molecular formula is C60H92N2O4. The first-order valence-corrected chi connectivity index (χ1v) is 28.2. The number of rotatable bonds is 1. The number of Topliss-reactive ketones (excluding diaryl/α,β-unsaturated/α-hetero) is 2. The number of hydrogen-bond donors (Lipinski definition) is 0. The van der Waals surface area contributed by atoms with Crippen LogP contribution in [-0.4, -0.2) is 77.0 Å². The first-order valence-electron chi connectivity index (χ1n) is 28.2. The Morgan fingerprint density at radius 1 is 0.621 bits per heavy atom. The number of fused-ring (bicyclic) bond motifs is 12. The van der Waals surface area contributed by atoms with Crippen molar-refractivity contribution >= 4 is 11.6 Å². The Morgan fingerprint density at radius 3 is 1.56 bits per heavy atom. The van der Waals surface area contributed by atoms with Gasteiger partial charge in [0.2, 0.25) is 0 Å². The summed E-state index contributed by atoms with van der Waals surface area (Å²) in [6.07, 6.45) is 24.2. The topological polar surface area (TPSA) is 59.1 Å². The van der Waals surface area contributed by atoms with Gasteiger partial charge in [0.15, 0.2) is 0 Å². The summed E-state index contributed by atoms with van der Waals surface area (Å²) in [5, 5.41) is 0. The van der Waals surface area contributed by atoms with Crippen molar-refractivity contribution in [3.8, 4) is 0 Å². The van der Waals surface area contributed by atoms with Gasteiger partial charge in [-0.1, -0.05) is 70.4 Å². The van der Waals surface area contributed by atoms with Crippen molar-refractivity contribution < 1.29 is 19.1 Å². The van der Waals surface area contributed by atoms with Crippen LogP contribution in [0.3, 0.4) is 0 Å². The van der Waals surface area contributed by atoms with Crippen molar-refractivity contribution in [2.75, 3.05) is 20.1 Å². The highest BCUT2D eigenvalue weighted by Crippen LogP contribution is 2.67. The summed E-state index contributed by atoms with van der Waals surface area (Å²) in [6, 6.07) is 1.09. The molecule has 0 radical (unpaired) electrons. The van der Waals surface area contributed by atoms with Crippen LogP contribution >= 0.6 is 0 Å². The van der Waals surface area contributed by atoms with E-state index in [1.54, 1.807) is 16.7 Å². The Hall–Kier alpha value is -1.76. The second-order valence-corrected chi connectivity index (χ2v) is 27.3. The smallest absolute Gasteiger partial charge is 0.133 e. The highest BCUT2D eigenvalue weighted by Gasteiger charge is 2.62. The third kappa shape index (κ3) is 7.19. The lowest BCUT2D eigenvalue weighted by Gasteiger charge is -2.52. The van der Waals surface area contributed by atoms with Crippen LogP contribution in [0.4, 0.5) is 0 Å². The Bertz CT molecular complexity index is 2040. The van der Waals surface area contributed by atoms with Crippen molar-refractivity contribution in [1.82, 2.24) is 9.80 Å².